The molecular formula is C20H20N2O4S. The molecule has 1 aliphatic rings. The summed E-state index contributed by atoms with van der Waals surface area (Å²) in [7, 11) is 0. The Labute approximate surface area is 160 Å². The van der Waals surface area contributed by atoms with Gasteiger partial charge in [0, 0.05) is 0 Å². The first kappa shape index (κ1) is 17.6. The van der Waals surface area contributed by atoms with E-state index in [1.807, 2.05) is 43.3 Å². The number of benzene rings is 2. The minimum atomic E-state index is -0.588. The highest BCUT2D eigenvalue weighted by Gasteiger charge is 2.22. The van der Waals surface area contributed by atoms with Crippen LogP contribution in [0.15, 0.2) is 47.3 Å². The Hall–Kier alpha value is -2.80. The molecule has 7 heteroatoms. The van der Waals surface area contributed by atoms with Crippen molar-refractivity contribution in [2.45, 2.75) is 25.9 Å². The third-order valence-corrected chi connectivity index (χ3v) is 5.90. The largest absolute Gasteiger partial charge is 0.486 e. The standard InChI is InChI=1S/C20H20N2O4S/c1-12(14-7-8-16-17(11-14)26-10-9-25-16)21-19(23)13(2)22-20(24)15-5-3-4-6-18(15)27-22/h3-8,11-13H,9-10H2,1-2H3,(H,21,23). The summed E-state index contributed by atoms with van der Waals surface area (Å²) in [5, 5.41) is 3.63. The second-order valence-corrected chi connectivity index (χ2v) is 7.54. The molecule has 0 fully saturated rings. The number of aromatic nitrogens is 1. The highest BCUT2D eigenvalue weighted by molar-refractivity contribution is 7.14. The van der Waals surface area contributed by atoms with Crippen molar-refractivity contribution in [3.8, 4) is 11.5 Å². The summed E-state index contributed by atoms with van der Waals surface area (Å²) < 4.78 is 13.5. The zero-order chi connectivity index (χ0) is 19.0. The first-order valence-corrected chi connectivity index (χ1v) is 9.62. The number of nitrogens with zero attached hydrogens (tertiary/aromatic N) is 1. The van der Waals surface area contributed by atoms with Gasteiger partial charge in [0.1, 0.15) is 19.3 Å². The second-order valence-electron chi connectivity index (χ2n) is 6.53. The van der Waals surface area contributed by atoms with Gasteiger partial charge >= 0.3 is 0 Å². The van der Waals surface area contributed by atoms with Crippen LogP contribution in [0.25, 0.3) is 10.1 Å². The summed E-state index contributed by atoms with van der Waals surface area (Å²) >= 11 is 1.31. The molecular weight excluding hydrogens is 364 g/mol. The van der Waals surface area contributed by atoms with Crippen LogP contribution in [-0.4, -0.2) is 23.1 Å². The Morgan fingerprint density at radius 3 is 2.63 bits per heavy atom. The lowest BCUT2D eigenvalue weighted by molar-refractivity contribution is -0.124. The van der Waals surface area contributed by atoms with Gasteiger partial charge < -0.3 is 14.8 Å². The van der Waals surface area contributed by atoms with Crippen LogP contribution in [0.3, 0.4) is 0 Å². The molecule has 0 bridgehead atoms. The van der Waals surface area contributed by atoms with Gasteiger partial charge in [-0.3, -0.25) is 13.5 Å². The Morgan fingerprint density at radius 1 is 1.11 bits per heavy atom. The lowest BCUT2D eigenvalue weighted by atomic mass is 10.1. The fourth-order valence-corrected chi connectivity index (χ4v) is 4.14. The molecule has 0 saturated heterocycles. The number of hydrogen-bond donors (Lipinski definition) is 1. The molecule has 0 saturated carbocycles. The summed E-state index contributed by atoms with van der Waals surface area (Å²) in [4.78, 5) is 25.3. The molecule has 2 atom stereocenters. The molecule has 2 unspecified atom stereocenters. The molecule has 27 heavy (non-hydrogen) atoms. The quantitative estimate of drug-likeness (QED) is 0.750. The normalized spacial score (nSPS) is 15.3. The molecule has 1 aliphatic heterocycles. The van der Waals surface area contributed by atoms with Crippen LogP contribution in [0.2, 0.25) is 0 Å². The van der Waals surface area contributed by atoms with E-state index in [0.717, 1.165) is 10.3 Å². The van der Waals surface area contributed by atoms with Crippen LogP contribution >= 0.6 is 11.5 Å². The highest BCUT2D eigenvalue weighted by atomic mass is 32.1. The van der Waals surface area contributed by atoms with E-state index in [9.17, 15) is 9.59 Å². The van der Waals surface area contributed by atoms with Crippen molar-refractivity contribution in [2.24, 2.45) is 0 Å². The van der Waals surface area contributed by atoms with Gasteiger partial charge in [0.25, 0.3) is 5.56 Å². The van der Waals surface area contributed by atoms with Gasteiger partial charge in [-0.15, -0.1) is 0 Å². The lowest BCUT2D eigenvalue weighted by Gasteiger charge is -2.22. The van der Waals surface area contributed by atoms with E-state index in [-0.39, 0.29) is 17.5 Å². The van der Waals surface area contributed by atoms with E-state index in [1.54, 1.807) is 13.0 Å². The molecule has 0 spiro atoms. The fourth-order valence-electron chi connectivity index (χ4n) is 3.10. The average Bonchev–Trinajstić information content (AvgIpc) is 3.03. The Bertz CT molecular complexity index is 1060. The first-order valence-electron chi connectivity index (χ1n) is 8.85. The minimum Gasteiger partial charge on any atom is -0.486 e. The number of amides is 1. The second kappa shape index (κ2) is 7.08. The summed E-state index contributed by atoms with van der Waals surface area (Å²) in [6.45, 7) is 4.70. The van der Waals surface area contributed by atoms with Gasteiger partial charge in [0.15, 0.2) is 11.5 Å². The third kappa shape index (κ3) is 3.30. The van der Waals surface area contributed by atoms with Crippen molar-refractivity contribution in [3.63, 3.8) is 0 Å². The van der Waals surface area contributed by atoms with Crippen molar-refractivity contribution < 1.29 is 14.3 Å². The van der Waals surface area contributed by atoms with E-state index in [1.165, 1.54) is 15.5 Å². The lowest BCUT2D eigenvalue weighted by Crippen LogP contribution is -2.35. The minimum absolute atomic E-state index is 0.134. The molecule has 3 aromatic rings. The maximum absolute atomic E-state index is 12.7. The SMILES string of the molecule is CC(NC(=O)C(C)n1sc2ccccc2c1=O)c1ccc2c(c1)OCCO2. The van der Waals surface area contributed by atoms with Crippen molar-refractivity contribution in [2.75, 3.05) is 13.2 Å². The maximum atomic E-state index is 12.7. The van der Waals surface area contributed by atoms with Crippen molar-refractivity contribution in [1.82, 2.24) is 9.27 Å². The van der Waals surface area contributed by atoms with Crippen molar-refractivity contribution in [1.29, 1.82) is 0 Å². The Morgan fingerprint density at radius 2 is 1.85 bits per heavy atom. The van der Waals surface area contributed by atoms with Crippen molar-refractivity contribution >= 4 is 27.5 Å². The molecule has 0 radical (unpaired) electrons. The first-order chi connectivity index (χ1) is 13.0. The number of ether oxygens (including phenoxy) is 2. The Balaban J connectivity index is 1.52. The summed E-state index contributed by atoms with van der Waals surface area (Å²) in [5.74, 6) is 1.20. The van der Waals surface area contributed by atoms with Crippen LogP contribution < -0.4 is 20.3 Å². The molecule has 2 heterocycles. The van der Waals surface area contributed by atoms with Crippen LogP contribution in [0.4, 0.5) is 0 Å². The van der Waals surface area contributed by atoms with Gasteiger partial charge in [-0.25, -0.2) is 0 Å². The zero-order valence-electron chi connectivity index (χ0n) is 15.1. The molecule has 0 aliphatic carbocycles. The summed E-state index contributed by atoms with van der Waals surface area (Å²) in [6.07, 6.45) is 0. The number of rotatable bonds is 4. The van der Waals surface area contributed by atoms with Gasteiger partial charge in [-0.05, 0) is 43.7 Å². The molecule has 6 nitrogen and oxygen atoms in total. The van der Waals surface area contributed by atoms with Gasteiger partial charge in [-0.1, -0.05) is 29.7 Å². The van der Waals surface area contributed by atoms with Crippen LogP contribution in [0.5, 0.6) is 11.5 Å². The highest BCUT2D eigenvalue weighted by Crippen LogP contribution is 2.32. The smallest absolute Gasteiger partial charge is 0.269 e. The average molecular weight is 384 g/mol. The van der Waals surface area contributed by atoms with Crippen LogP contribution in [-0.2, 0) is 4.79 Å². The third-order valence-electron chi connectivity index (χ3n) is 4.67. The Kier molecular flexibility index (Phi) is 4.61. The molecule has 1 aromatic heterocycles. The monoisotopic (exact) mass is 384 g/mol. The molecule has 140 valence electrons. The van der Waals surface area contributed by atoms with E-state index in [4.69, 9.17) is 9.47 Å². The number of hydrogen-bond acceptors (Lipinski definition) is 5. The fraction of sp³-hybridized carbons (Fsp3) is 0.300. The molecule has 1 N–H and O–H groups in total. The number of carbonyl (C=O) groups excluding carboxylic acids is 1. The number of nitrogens with one attached hydrogen (secondary N) is 1. The number of carbonyl (C=O) groups is 1. The van der Waals surface area contributed by atoms with E-state index < -0.39 is 6.04 Å². The summed E-state index contributed by atoms with van der Waals surface area (Å²) in [5.41, 5.74) is 0.786. The topological polar surface area (TPSA) is 69.6 Å². The number of fused-ring (bicyclic) bond motifs is 2. The zero-order valence-corrected chi connectivity index (χ0v) is 15.9. The molecule has 2 aromatic carbocycles. The van der Waals surface area contributed by atoms with E-state index >= 15 is 0 Å². The van der Waals surface area contributed by atoms with Crippen molar-refractivity contribution in [3.05, 3.63) is 58.4 Å². The molecule has 4 rings (SSSR count). The van der Waals surface area contributed by atoms with E-state index in [0.29, 0.717) is 30.1 Å². The van der Waals surface area contributed by atoms with Crippen LogP contribution in [0, 0.1) is 0 Å². The maximum Gasteiger partial charge on any atom is 0.269 e. The predicted octanol–water partition coefficient (Wildman–Crippen LogP) is 3.27. The van der Waals surface area contributed by atoms with Gasteiger partial charge in [0.05, 0.1) is 16.1 Å². The van der Waals surface area contributed by atoms with Gasteiger partial charge in [-0.2, -0.15) is 0 Å². The molecule has 1 amide bonds. The van der Waals surface area contributed by atoms with Gasteiger partial charge in [0.2, 0.25) is 5.91 Å². The van der Waals surface area contributed by atoms with E-state index in [2.05, 4.69) is 5.32 Å². The predicted molar refractivity (Wildman–Crippen MR) is 105 cm³/mol. The van der Waals surface area contributed by atoms with Crippen LogP contribution in [0.1, 0.15) is 31.5 Å². The summed E-state index contributed by atoms with van der Waals surface area (Å²) in [6, 6.07) is 12.2.